The highest BCUT2D eigenvalue weighted by Crippen LogP contribution is 2.35. The van der Waals surface area contributed by atoms with Crippen LogP contribution in [0.25, 0.3) is 26.4 Å². The van der Waals surface area contributed by atoms with Crippen LogP contribution in [0.15, 0.2) is 36.5 Å². The second kappa shape index (κ2) is 7.51. The Morgan fingerprint density at radius 1 is 1.38 bits per heavy atom. The van der Waals surface area contributed by atoms with Gasteiger partial charge >= 0.3 is 0 Å². The van der Waals surface area contributed by atoms with Gasteiger partial charge in [-0.15, -0.1) is 11.3 Å². The first kappa shape index (κ1) is 18.9. The number of rotatable bonds is 7. The first-order chi connectivity index (χ1) is 14.0. The highest BCUT2D eigenvalue weighted by molar-refractivity contribution is 7.21. The lowest BCUT2D eigenvalue weighted by Gasteiger charge is -2.12. The Bertz CT molecular complexity index is 1230. The third kappa shape index (κ3) is 3.40. The molecule has 4 rings (SSSR count). The van der Waals surface area contributed by atoms with Gasteiger partial charge in [0.05, 0.1) is 0 Å². The maximum Gasteiger partial charge on any atom is 0.240 e. The van der Waals surface area contributed by atoms with Crippen molar-refractivity contribution in [2.45, 2.75) is 19.4 Å². The van der Waals surface area contributed by atoms with E-state index in [0.717, 1.165) is 43.5 Å². The van der Waals surface area contributed by atoms with E-state index in [0.29, 0.717) is 12.8 Å². The molecular weight excluding hydrogens is 388 g/mol. The molecule has 0 fully saturated rings. The number of fused-ring (bicyclic) bond motifs is 3. The normalized spacial score (nSPS) is 12.2. The topological polar surface area (TPSA) is 114 Å². The Balaban J connectivity index is 1.77. The Morgan fingerprint density at radius 2 is 2.21 bits per heavy atom. The van der Waals surface area contributed by atoms with Gasteiger partial charge in [-0.05, 0) is 24.1 Å². The molecule has 2 amide bonds. The van der Waals surface area contributed by atoms with Crippen LogP contribution >= 0.6 is 11.3 Å². The van der Waals surface area contributed by atoms with E-state index in [9.17, 15) is 9.59 Å². The summed E-state index contributed by atoms with van der Waals surface area (Å²) in [6.07, 6.45) is 2.66. The zero-order valence-electron chi connectivity index (χ0n) is 16.0. The lowest BCUT2D eigenvalue weighted by molar-refractivity contribution is -0.122. The maximum absolute atomic E-state index is 11.5. The second-order valence-electron chi connectivity index (χ2n) is 6.71. The summed E-state index contributed by atoms with van der Waals surface area (Å²) in [4.78, 5) is 33.5. The molecule has 3 heterocycles. The fourth-order valence-electron chi connectivity index (χ4n) is 3.36. The smallest absolute Gasteiger partial charge is 0.240 e. The summed E-state index contributed by atoms with van der Waals surface area (Å²) >= 11 is 1.63. The fraction of sp³-hybridized carbons (Fsp3) is 0.200. The predicted molar refractivity (Wildman–Crippen MR) is 114 cm³/mol. The molecule has 148 valence electrons. The molecule has 3 aromatic heterocycles. The van der Waals surface area contributed by atoms with Gasteiger partial charge in [-0.1, -0.05) is 24.3 Å². The number of carbonyl (C=O) groups excluding carboxylic acids is 2. The molecule has 0 aliphatic rings. The zero-order valence-corrected chi connectivity index (χ0v) is 16.8. The number of nitrogens with zero attached hydrogens (tertiary/aromatic N) is 3. The first-order valence-electron chi connectivity index (χ1n) is 9.05. The van der Waals surface area contributed by atoms with E-state index in [-0.39, 0.29) is 0 Å². The number of primary amides is 1. The van der Waals surface area contributed by atoms with Crippen molar-refractivity contribution in [3.63, 3.8) is 0 Å². The van der Waals surface area contributed by atoms with Gasteiger partial charge in [-0.25, -0.2) is 9.97 Å². The van der Waals surface area contributed by atoms with Crippen molar-refractivity contribution >= 4 is 45.5 Å². The summed E-state index contributed by atoms with van der Waals surface area (Å²) in [6.45, 7) is 2.02. The van der Waals surface area contributed by atoms with E-state index in [1.165, 1.54) is 0 Å². The van der Waals surface area contributed by atoms with Gasteiger partial charge in [0.1, 0.15) is 16.4 Å². The molecule has 0 bridgehead atoms. The monoisotopic (exact) mass is 408 g/mol. The average Bonchev–Trinajstić information content (AvgIpc) is 3.30. The molecular formula is C20H20N6O2S. The summed E-state index contributed by atoms with van der Waals surface area (Å²) in [7, 11) is 1.83. The van der Waals surface area contributed by atoms with E-state index in [1.807, 2.05) is 50.5 Å². The van der Waals surface area contributed by atoms with Gasteiger partial charge in [-0.2, -0.15) is 0 Å². The Hall–Kier alpha value is -3.46. The number of carbonyl (C=O) groups is 2. The molecule has 4 N–H and O–H groups in total. The molecule has 9 heteroatoms. The molecule has 1 atom stereocenters. The Kier molecular flexibility index (Phi) is 4.89. The van der Waals surface area contributed by atoms with E-state index in [4.69, 9.17) is 10.7 Å². The molecule has 0 aliphatic heterocycles. The summed E-state index contributed by atoms with van der Waals surface area (Å²) in [6, 6.07) is 9.17. The molecule has 0 saturated heterocycles. The van der Waals surface area contributed by atoms with Crippen LogP contribution in [0.3, 0.4) is 0 Å². The number of nitrogens with one attached hydrogen (secondary N) is 2. The molecule has 29 heavy (non-hydrogen) atoms. The van der Waals surface area contributed by atoms with Crippen molar-refractivity contribution < 1.29 is 9.59 Å². The van der Waals surface area contributed by atoms with Crippen LogP contribution in [0.4, 0.5) is 5.82 Å². The van der Waals surface area contributed by atoms with Crippen molar-refractivity contribution in [1.82, 2.24) is 19.7 Å². The number of benzene rings is 1. The van der Waals surface area contributed by atoms with Crippen molar-refractivity contribution in [2.24, 2.45) is 5.73 Å². The minimum absolute atomic E-state index is 0.333. The molecule has 0 radical (unpaired) electrons. The van der Waals surface area contributed by atoms with Gasteiger partial charge in [-0.3, -0.25) is 14.0 Å². The van der Waals surface area contributed by atoms with Crippen LogP contribution in [0.2, 0.25) is 0 Å². The molecule has 1 aromatic carbocycles. The van der Waals surface area contributed by atoms with Gasteiger partial charge in [0, 0.05) is 30.2 Å². The summed E-state index contributed by atoms with van der Waals surface area (Å²) < 4.78 is 2.10. The van der Waals surface area contributed by atoms with E-state index < -0.39 is 11.9 Å². The van der Waals surface area contributed by atoms with Crippen LogP contribution in [-0.2, 0) is 16.0 Å². The quantitative estimate of drug-likeness (QED) is 0.405. The highest BCUT2D eigenvalue weighted by Gasteiger charge is 2.17. The van der Waals surface area contributed by atoms with Crippen molar-refractivity contribution in [2.75, 3.05) is 12.4 Å². The third-order valence-electron chi connectivity index (χ3n) is 4.78. The minimum Gasteiger partial charge on any atom is -0.370 e. The van der Waals surface area contributed by atoms with Crippen molar-refractivity contribution in [1.29, 1.82) is 0 Å². The number of hydrogen-bond donors (Lipinski definition) is 3. The van der Waals surface area contributed by atoms with Crippen LogP contribution in [0.1, 0.15) is 11.3 Å². The lowest BCUT2D eigenvalue weighted by atomic mass is 10.0. The number of imidazole rings is 1. The Morgan fingerprint density at radius 3 is 2.93 bits per heavy atom. The first-order valence-corrected chi connectivity index (χ1v) is 9.87. The molecule has 1 unspecified atom stereocenters. The van der Waals surface area contributed by atoms with E-state index in [2.05, 4.69) is 20.0 Å². The fourth-order valence-corrected chi connectivity index (χ4v) is 4.52. The van der Waals surface area contributed by atoms with Crippen LogP contribution in [0, 0.1) is 6.92 Å². The summed E-state index contributed by atoms with van der Waals surface area (Å²) in [5.74, 6) is 0.166. The molecule has 0 spiro atoms. The summed E-state index contributed by atoms with van der Waals surface area (Å²) in [5.41, 5.74) is 10.0. The lowest BCUT2D eigenvalue weighted by Crippen LogP contribution is -2.42. The van der Waals surface area contributed by atoms with E-state index >= 15 is 0 Å². The molecule has 8 nitrogen and oxygen atoms in total. The Labute approximate surface area is 170 Å². The van der Waals surface area contributed by atoms with E-state index in [1.54, 1.807) is 11.3 Å². The van der Waals surface area contributed by atoms with Gasteiger partial charge < -0.3 is 16.4 Å². The number of anilines is 1. The number of hydrogen-bond acceptors (Lipinski definition) is 6. The van der Waals surface area contributed by atoms with Gasteiger partial charge in [0.15, 0.2) is 11.5 Å². The number of amides is 2. The maximum atomic E-state index is 11.5. The van der Waals surface area contributed by atoms with Gasteiger partial charge in [0.25, 0.3) is 0 Å². The highest BCUT2D eigenvalue weighted by atomic mass is 32.1. The SMILES string of the molecule is CNc1nc2cc(-c3cccc(CC(NC=O)C(N)=O)c3)sc2n2c(C)cnc12. The van der Waals surface area contributed by atoms with Crippen molar-refractivity contribution in [3.8, 4) is 10.4 Å². The van der Waals surface area contributed by atoms with Gasteiger partial charge in [0.2, 0.25) is 12.3 Å². The van der Waals surface area contributed by atoms with Crippen LogP contribution in [-0.4, -0.2) is 39.8 Å². The molecule has 4 aromatic rings. The van der Waals surface area contributed by atoms with Crippen LogP contribution < -0.4 is 16.4 Å². The minimum atomic E-state index is -0.738. The number of aromatic nitrogens is 3. The zero-order chi connectivity index (χ0) is 20.5. The average molecular weight is 408 g/mol. The number of thiophene rings is 1. The largest absolute Gasteiger partial charge is 0.370 e. The molecule has 0 aliphatic carbocycles. The van der Waals surface area contributed by atoms with Crippen molar-refractivity contribution in [3.05, 3.63) is 47.8 Å². The summed E-state index contributed by atoms with van der Waals surface area (Å²) in [5, 5.41) is 5.58. The second-order valence-corrected chi connectivity index (χ2v) is 7.74. The number of aryl methyl sites for hydroxylation is 1. The molecule has 0 saturated carbocycles. The number of nitrogens with two attached hydrogens (primary N) is 1. The van der Waals surface area contributed by atoms with Crippen LogP contribution in [0.5, 0.6) is 0 Å². The third-order valence-corrected chi connectivity index (χ3v) is 5.94. The standard InChI is InChI=1S/C20H20N6O2S/c1-11-9-23-19-18(22-2)25-15-8-16(29-20(15)26(11)19)13-5-3-4-12(6-13)7-14(17(21)28)24-10-27/h3-6,8-10,14H,7H2,1-2H3,(H2,21,28)(H,22,25)(H,24,27). The predicted octanol–water partition coefficient (Wildman–Crippen LogP) is 2.10.